The predicted octanol–water partition coefficient (Wildman–Crippen LogP) is 4.04. The number of allylic oxidation sites excluding steroid dienone is 4. The molecule has 0 aromatic heterocycles. The maximum atomic E-state index is 12.9. The van der Waals surface area contributed by atoms with E-state index in [9.17, 15) is 19.6 Å². The van der Waals surface area contributed by atoms with Crippen LogP contribution in [-0.2, 0) is 14.4 Å². The van der Waals surface area contributed by atoms with E-state index in [1.165, 1.54) is 0 Å². The zero-order valence-corrected chi connectivity index (χ0v) is 17.1. The van der Waals surface area contributed by atoms with Crippen LogP contribution in [0.1, 0.15) is 71.6 Å². The highest BCUT2D eigenvalue weighted by molar-refractivity contribution is 5.97. The number of Topliss-reactive ketones (excluding diaryl/α,β-unsaturated/α-hetero) is 2. The lowest BCUT2D eigenvalue weighted by Gasteiger charge is -2.25. The SMILES string of the molecule is CC(C)C[C@H](CCC1=CC=CCC1=O)C(=O)N[C@H](C#N)C[C@@H]1CCCCC1=O. The molecule has 0 heterocycles. The number of rotatable bonds is 9. The molecule has 1 saturated carbocycles. The molecule has 0 spiro atoms. The van der Waals surface area contributed by atoms with E-state index in [0.717, 1.165) is 24.8 Å². The molecule has 3 atom stereocenters. The molecule has 0 aliphatic heterocycles. The van der Waals surface area contributed by atoms with Crippen molar-refractivity contribution in [2.75, 3.05) is 0 Å². The van der Waals surface area contributed by atoms with Crippen molar-refractivity contribution in [3.8, 4) is 6.07 Å². The topological polar surface area (TPSA) is 87.0 Å². The monoisotopic (exact) mass is 384 g/mol. The molecule has 1 N–H and O–H groups in total. The molecule has 1 amide bonds. The molecule has 0 saturated heterocycles. The summed E-state index contributed by atoms with van der Waals surface area (Å²) in [5, 5.41) is 12.4. The molecule has 0 bridgehead atoms. The van der Waals surface area contributed by atoms with Crippen molar-refractivity contribution in [2.24, 2.45) is 17.8 Å². The van der Waals surface area contributed by atoms with Crippen molar-refractivity contribution >= 4 is 17.5 Å². The Morgan fingerprint density at radius 1 is 1.32 bits per heavy atom. The number of carbonyl (C=O) groups is 3. The minimum Gasteiger partial charge on any atom is -0.340 e. The second-order valence-electron chi connectivity index (χ2n) is 8.45. The Kier molecular flexibility index (Phi) is 8.63. The van der Waals surface area contributed by atoms with Gasteiger partial charge in [0.25, 0.3) is 0 Å². The van der Waals surface area contributed by atoms with Crippen LogP contribution in [0, 0.1) is 29.1 Å². The molecule has 1 fully saturated rings. The van der Waals surface area contributed by atoms with Crippen molar-refractivity contribution in [3.05, 3.63) is 23.8 Å². The van der Waals surface area contributed by atoms with Gasteiger partial charge in [-0.2, -0.15) is 5.26 Å². The van der Waals surface area contributed by atoms with Crippen LogP contribution in [0.5, 0.6) is 0 Å². The number of nitrogens with zero attached hydrogens (tertiary/aromatic N) is 1. The fourth-order valence-corrected chi connectivity index (χ4v) is 4.08. The minimum absolute atomic E-state index is 0.112. The highest BCUT2D eigenvalue weighted by Crippen LogP contribution is 2.26. The Balaban J connectivity index is 1.95. The summed E-state index contributed by atoms with van der Waals surface area (Å²) in [7, 11) is 0. The normalized spacial score (nSPS) is 21.8. The minimum atomic E-state index is -0.632. The number of ketones is 2. The van der Waals surface area contributed by atoms with Crippen LogP contribution in [0.25, 0.3) is 0 Å². The number of amides is 1. The van der Waals surface area contributed by atoms with E-state index in [1.807, 2.05) is 18.2 Å². The molecule has 0 aromatic carbocycles. The number of nitriles is 1. The number of carbonyl (C=O) groups excluding carboxylic acids is 3. The molecular formula is C23H32N2O3. The summed E-state index contributed by atoms with van der Waals surface area (Å²) < 4.78 is 0. The summed E-state index contributed by atoms with van der Waals surface area (Å²) in [5.41, 5.74) is 0.772. The first-order valence-electron chi connectivity index (χ1n) is 10.5. The van der Waals surface area contributed by atoms with Gasteiger partial charge >= 0.3 is 0 Å². The fourth-order valence-electron chi connectivity index (χ4n) is 4.08. The summed E-state index contributed by atoms with van der Waals surface area (Å²) in [5.74, 6) is 0.193. The Bertz CT molecular complexity index is 684. The van der Waals surface area contributed by atoms with Crippen LogP contribution in [0.4, 0.5) is 0 Å². The standard InChI is InChI=1S/C23H32N2O3/c1-16(2)13-19(12-11-17-7-3-5-9-21(17)26)23(28)25-20(15-24)14-18-8-4-6-10-22(18)27/h3,5,7,16,18-20H,4,6,8-14H2,1-2H3,(H,25,28)/t18-,19-,20-/m0/s1. The van der Waals surface area contributed by atoms with Crippen molar-refractivity contribution < 1.29 is 14.4 Å². The van der Waals surface area contributed by atoms with Gasteiger partial charge in [0.2, 0.25) is 5.91 Å². The molecule has 152 valence electrons. The third-order valence-corrected chi connectivity index (χ3v) is 5.66. The lowest BCUT2D eigenvalue weighted by Crippen LogP contribution is -2.40. The van der Waals surface area contributed by atoms with Crippen molar-refractivity contribution in [3.63, 3.8) is 0 Å². The van der Waals surface area contributed by atoms with Crippen LogP contribution in [0.3, 0.4) is 0 Å². The zero-order valence-electron chi connectivity index (χ0n) is 17.1. The van der Waals surface area contributed by atoms with E-state index in [4.69, 9.17) is 0 Å². The lowest BCUT2D eigenvalue weighted by atomic mass is 9.83. The van der Waals surface area contributed by atoms with Crippen LogP contribution in [-0.4, -0.2) is 23.5 Å². The molecule has 2 aliphatic carbocycles. The maximum Gasteiger partial charge on any atom is 0.224 e. The van der Waals surface area contributed by atoms with E-state index >= 15 is 0 Å². The lowest BCUT2D eigenvalue weighted by molar-refractivity contribution is -0.128. The Labute approximate surface area is 168 Å². The Morgan fingerprint density at radius 3 is 2.75 bits per heavy atom. The van der Waals surface area contributed by atoms with Gasteiger partial charge in [0.05, 0.1) is 6.07 Å². The van der Waals surface area contributed by atoms with Gasteiger partial charge in [-0.3, -0.25) is 14.4 Å². The highest BCUT2D eigenvalue weighted by atomic mass is 16.2. The number of nitrogens with one attached hydrogen (secondary N) is 1. The molecule has 0 unspecified atom stereocenters. The average Bonchev–Trinajstić information content (AvgIpc) is 2.67. The third-order valence-electron chi connectivity index (χ3n) is 5.66. The largest absolute Gasteiger partial charge is 0.340 e. The summed E-state index contributed by atoms with van der Waals surface area (Å²) in [4.78, 5) is 36.9. The first kappa shape index (κ1) is 22.1. The quantitative estimate of drug-likeness (QED) is 0.650. The van der Waals surface area contributed by atoms with Crippen molar-refractivity contribution in [2.45, 2.75) is 77.7 Å². The second kappa shape index (κ2) is 10.9. The van der Waals surface area contributed by atoms with Gasteiger partial charge in [-0.25, -0.2) is 0 Å². The smallest absolute Gasteiger partial charge is 0.224 e. The Hall–Kier alpha value is -2.22. The zero-order chi connectivity index (χ0) is 20.5. The summed E-state index contributed by atoms with van der Waals surface area (Å²) in [6.07, 6.45) is 11.6. The van der Waals surface area contributed by atoms with Crippen LogP contribution >= 0.6 is 0 Å². The Morgan fingerprint density at radius 2 is 2.11 bits per heavy atom. The summed E-state index contributed by atoms with van der Waals surface area (Å²) in [6.45, 7) is 4.13. The molecule has 2 aliphatic rings. The molecule has 5 heteroatoms. The maximum absolute atomic E-state index is 12.9. The fraction of sp³-hybridized carbons (Fsp3) is 0.652. The first-order valence-corrected chi connectivity index (χ1v) is 10.5. The molecule has 2 rings (SSSR count). The van der Waals surface area contributed by atoms with Gasteiger partial charge in [0.1, 0.15) is 11.8 Å². The second-order valence-corrected chi connectivity index (χ2v) is 8.45. The third kappa shape index (κ3) is 6.74. The van der Waals surface area contributed by atoms with Gasteiger partial charge in [0, 0.05) is 24.7 Å². The van der Waals surface area contributed by atoms with Gasteiger partial charge in [-0.15, -0.1) is 0 Å². The molecular weight excluding hydrogens is 352 g/mol. The summed E-state index contributed by atoms with van der Waals surface area (Å²) >= 11 is 0. The first-order chi connectivity index (χ1) is 13.4. The predicted molar refractivity (Wildman–Crippen MR) is 108 cm³/mol. The molecule has 0 radical (unpaired) electrons. The van der Waals surface area contributed by atoms with E-state index in [-0.39, 0.29) is 29.3 Å². The van der Waals surface area contributed by atoms with Gasteiger partial charge < -0.3 is 5.32 Å². The van der Waals surface area contributed by atoms with Crippen LogP contribution in [0.2, 0.25) is 0 Å². The number of hydrogen-bond acceptors (Lipinski definition) is 4. The van der Waals surface area contributed by atoms with Crippen LogP contribution in [0.15, 0.2) is 23.8 Å². The molecule has 0 aromatic rings. The van der Waals surface area contributed by atoms with Crippen molar-refractivity contribution in [1.82, 2.24) is 5.32 Å². The summed E-state index contributed by atoms with van der Waals surface area (Å²) in [6, 6.07) is 1.53. The van der Waals surface area contributed by atoms with E-state index < -0.39 is 6.04 Å². The van der Waals surface area contributed by atoms with E-state index in [1.54, 1.807) is 0 Å². The number of hydrogen-bond donors (Lipinski definition) is 1. The van der Waals surface area contributed by atoms with Crippen LogP contribution < -0.4 is 5.32 Å². The highest BCUT2D eigenvalue weighted by Gasteiger charge is 2.28. The average molecular weight is 385 g/mol. The van der Waals surface area contributed by atoms with Gasteiger partial charge in [-0.05, 0) is 50.0 Å². The molecule has 28 heavy (non-hydrogen) atoms. The van der Waals surface area contributed by atoms with Gasteiger partial charge in [-0.1, -0.05) is 38.5 Å². The van der Waals surface area contributed by atoms with E-state index in [0.29, 0.717) is 44.4 Å². The van der Waals surface area contributed by atoms with E-state index in [2.05, 4.69) is 25.2 Å². The molecule has 5 nitrogen and oxygen atoms in total. The van der Waals surface area contributed by atoms with Crippen molar-refractivity contribution in [1.29, 1.82) is 5.26 Å². The van der Waals surface area contributed by atoms with Gasteiger partial charge in [0.15, 0.2) is 5.78 Å².